The van der Waals surface area contributed by atoms with Crippen molar-refractivity contribution >= 4 is 28.4 Å². The lowest BCUT2D eigenvalue weighted by molar-refractivity contribution is -0.0792. The average molecular weight is 406 g/mol. The summed E-state index contributed by atoms with van der Waals surface area (Å²) in [4.78, 5) is 11.8. The van der Waals surface area contributed by atoms with Crippen molar-refractivity contribution in [1.82, 2.24) is 0 Å². The number of hydrogen-bond acceptors (Lipinski definition) is 2. The molecular formula is C15H10F3IO2. The van der Waals surface area contributed by atoms with Crippen molar-refractivity contribution in [3.05, 3.63) is 69.0 Å². The molecule has 0 aliphatic heterocycles. The molecule has 2 aromatic rings. The van der Waals surface area contributed by atoms with Gasteiger partial charge < -0.3 is 5.11 Å². The highest BCUT2D eigenvalue weighted by atomic mass is 127. The fourth-order valence-corrected chi connectivity index (χ4v) is 2.13. The molecule has 0 bridgehead atoms. The number of aliphatic hydroxyl groups excluding tert-OH is 1. The van der Waals surface area contributed by atoms with Gasteiger partial charge in [-0.2, -0.15) is 8.78 Å². The van der Waals surface area contributed by atoms with Crippen molar-refractivity contribution in [3.8, 4) is 0 Å². The first-order chi connectivity index (χ1) is 9.82. The van der Waals surface area contributed by atoms with Gasteiger partial charge in [0.2, 0.25) is 5.78 Å². The van der Waals surface area contributed by atoms with Gasteiger partial charge in [-0.25, -0.2) is 4.39 Å². The zero-order valence-electron chi connectivity index (χ0n) is 10.6. The van der Waals surface area contributed by atoms with E-state index in [1.807, 2.05) is 22.6 Å². The first-order valence-corrected chi connectivity index (χ1v) is 7.02. The summed E-state index contributed by atoms with van der Waals surface area (Å²) in [6.45, 7) is 0. The van der Waals surface area contributed by atoms with Crippen LogP contribution in [0.15, 0.2) is 48.5 Å². The molecule has 0 spiro atoms. The number of halogens is 4. The third-order valence-corrected chi connectivity index (χ3v) is 3.66. The second kappa shape index (κ2) is 6.15. The minimum absolute atomic E-state index is 0.0594. The van der Waals surface area contributed by atoms with Crippen molar-refractivity contribution in [2.45, 2.75) is 12.0 Å². The maximum Gasteiger partial charge on any atom is 0.339 e. The summed E-state index contributed by atoms with van der Waals surface area (Å²) in [5.74, 6) is -6.17. The molecule has 0 aliphatic carbocycles. The summed E-state index contributed by atoms with van der Waals surface area (Å²) < 4.78 is 41.8. The monoisotopic (exact) mass is 406 g/mol. The number of ketones is 1. The lowest BCUT2D eigenvalue weighted by Gasteiger charge is -2.21. The number of aliphatic hydroxyl groups is 1. The molecule has 1 N–H and O–H groups in total. The highest BCUT2D eigenvalue weighted by Gasteiger charge is 2.47. The fraction of sp³-hybridized carbons (Fsp3) is 0.133. The molecule has 110 valence electrons. The first-order valence-electron chi connectivity index (χ1n) is 5.94. The van der Waals surface area contributed by atoms with Crippen LogP contribution in [0.4, 0.5) is 13.2 Å². The van der Waals surface area contributed by atoms with E-state index in [0.29, 0.717) is 0 Å². The van der Waals surface area contributed by atoms with Crippen molar-refractivity contribution in [1.29, 1.82) is 0 Å². The molecule has 0 saturated carbocycles. The number of carbonyl (C=O) groups excluding carboxylic acids is 1. The Morgan fingerprint density at radius 1 is 1.05 bits per heavy atom. The molecule has 0 heterocycles. The second-order valence-electron chi connectivity index (χ2n) is 4.41. The summed E-state index contributed by atoms with van der Waals surface area (Å²) in [5, 5.41) is 9.78. The molecule has 0 fully saturated rings. The van der Waals surface area contributed by atoms with E-state index in [4.69, 9.17) is 0 Å². The molecule has 0 aromatic heterocycles. The van der Waals surface area contributed by atoms with Crippen LogP contribution in [-0.4, -0.2) is 16.8 Å². The van der Waals surface area contributed by atoms with Crippen LogP contribution in [0, 0.1) is 9.39 Å². The van der Waals surface area contributed by atoms with Gasteiger partial charge in [0.25, 0.3) is 0 Å². The van der Waals surface area contributed by atoms with E-state index in [9.17, 15) is 23.1 Å². The van der Waals surface area contributed by atoms with Crippen LogP contribution >= 0.6 is 22.6 Å². The molecule has 0 amide bonds. The Labute approximate surface area is 132 Å². The van der Waals surface area contributed by atoms with E-state index in [-0.39, 0.29) is 11.1 Å². The van der Waals surface area contributed by atoms with Crippen molar-refractivity contribution in [3.63, 3.8) is 0 Å². The average Bonchev–Trinajstić information content (AvgIpc) is 2.47. The molecule has 21 heavy (non-hydrogen) atoms. The number of rotatable bonds is 4. The van der Waals surface area contributed by atoms with Gasteiger partial charge in [-0.3, -0.25) is 4.79 Å². The topological polar surface area (TPSA) is 37.3 Å². The Hall–Kier alpha value is -1.41. The Morgan fingerprint density at radius 2 is 1.57 bits per heavy atom. The van der Waals surface area contributed by atoms with Crippen LogP contribution < -0.4 is 0 Å². The van der Waals surface area contributed by atoms with Crippen LogP contribution in [0.1, 0.15) is 22.0 Å². The van der Waals surface area contributed by atoms with Crippen molar-refractivity contribution in [2.75, 3.05) is 0 Å². The minimum atomic E-state index is -4.00. The maximum absolute atomic E-state index is 14.1. The Balaban J connectivity index is 2.29. The van der Waals surface area contributed by atoms with Gasteiger partial charge in [0.15, 0.2) is 6.10 Å². The number of hydrogen-bond donors (Lipinski definition) is 1. The van der Waals surface area contributed by atoms with Crippen LogP contribution in [0.25, 0.3) is 0 Å². The quantitative estimate of drug-likeness (QED) is 0.616. The molecule has 0 radical (unpaired) electrons. The number of benzene rings is 2. The molecule has 2 rings (SSSR count). The number of Topliss-reactive ketones (excluding diaryl/α,β-unsaturated/α-hetero) is 1. The van der Waals surface area contributed by atoms with E-state index < -0.39 is 23.6 Å². The first kappa shape index (κ1) is 16.0. The molecule has 0 saturated heterocycles. The van der Waals surface area contributed by atoms with Gasteiger partial charge in [0, 0.05) is 9.13 Å². The van der Waals surface area contributed by atoms with Crippen molar-refractivity contribution in [2.24, 2.45) is 0 Å². The van der Waals surface area contributed by atoms with E-state index in [2.05, 4.69) is 0 Å². The lowest BCUT2D eigenvalue weighted by atomic mass is 9.96. The van der Waals surface area contributed by atoms with Crippen molar-refractivity contribution < 1.29 is 23.1 Å². The van der Waals surface area contributed by atoms with Crippen LogP contribution in [0.2, 0.25) is 0 Å². The van der Waals surface area contributed by atoms with Gasteiger partial charge in [-0.05, 0) is 64.6 Å². The molecular weight excluding hydrogens is 396 g/mol. The predicted molar refractivity (Wildman–Crippen MR) is 79.8 cm³/mol. The van der Waals surface area contributed by atoms with E-state index in [1.165, 1.54) is 12.1 Å². The normalized spacial score (nSPS) is 13.0. The third kappa shape index (κ3) is 3.44. The highest BCUT2D eigenvalue weighted by Crippen LogP contribution is 2.34. The van der Waals surface area contributed by atoms with Crippen LogP contribution in [0.3, 0.4) is 0 Å². The van der Waals surface area contributed by atoms with Crippen LogP contribution in [-0.2, 0) is 0 Å². The summed E-state index contributed by atoms with van der Waals surface area (Å²) in [5.41, 5.74) is -0.415. The minimum Gasteiger partial charge on any atom is -0.382 e. The number of carbonyl (C=O) groups is 1. The summed E-state index contributed by atoms with van der Waals surface area (Å²) in [7, 11) is 0. The second-order valence-corrected chi connectivity index (χ2v) is 5.66. The zero-order valence-corrected chi connectivity index (χ0v) is 12.7. The summed E-state index contributed by atoms with van der Waals surface area (Å²) in [6.07, 6.45) is -2.26. The standard InChI is InChI=1S/C15H10F3IO2/c16-11-5-1-9(2-6-11)13(20)15(17,18)14(21)10-3-7-12(19)8-4-10/h1-8,14,21H. The van der Waals surface area contributed by atoms with Gasteiger partial charge in [0.05, 0.1) is 0 Å². The van der Waals surface area contributed by atoms with Gasteiger partial charge in [-0.1, -0.05) is 12.1 Å². The predicted octanol–water partition coefficient (Wildman–Crippen LogP) is 3.98. The van der Waals surface area contributed by atoms with Crippen LogP contribution in [0.5, 0.6) is 0 Å². The van der Waals surface area contributed by atoms with Gasteiger partial charge in [0.1, 0.15) is 5.82 Å². The van der Waals surface area contributed by atoms with E-state index in [1.54, 1.807) is 12.1 Å². The van der Waals surface area contributed by atoms with Gasteiger partial charge >= 0.3 is 5.92 Å². The lowest BCUT2D eigenvalue weighted by Crippen LogP contribution is -2.36. The molecule has 0 aliphatic rings. The summed E-state index contributed by atoms with van der Waals surface area (Å²) in [6, 6.07) is 9.53. The van der Waals surface area contributed by atoms with E-state index in [0.717, 1.165) is 27.8 Å². The third-order valence-electron chi connectivity index (χ3n) is 2.94. The maximum atomic E-state index is 14.1. The molecule has 2 aromatic carbocycles. The molecule has 1 atom stereocenters. The zero-order chi connectivity index (χ0) is 15.6. The molecule has 2 nitrogen and oxygen atoms in total. The fourth-order valence-electron chi connectivity index (χ4n) is 1.77. The Morgan fingerprint density at radius 3 is 2.10 bits per heavy atom. The number of alkyl halides is 2. The Kier molecular flexibility index (Phi) is 4.67. The largest absolute Gasteiger partial charge is 0.382 e. The van der Waals surface area contributed by atoms with Gasteiger partial charge in [-0.15, -0.1) is 0 Å². The van der Waals surface area contributed by atoms with E-state index >= 15 is 0 Å². The molecule has 1 unspecified atom stereocenters. The smallest absolute Gasteiger partial charge is 0.339 e. The SMILES string of the molecule is O=C(c1ccc(F)cc1)C(F)(F)C(O)c1ccc(I)cc1. The Bertz CT molecular complexity index is 639. The summed E-state index contributed by atoms with van der Waals surface area (Å²) >= 11 is 1.99. The molecule has 6 heteroatoms. The highest BCUT2D eigenvalue weighted by molar-refractivity contribution is 14.1.